The summed E-state index contributed by atoms with van der Waals surface area (Å²) < 4.78 is 18.6. The molecule has 0 spiro atoms. The maximum absolute atomic E-state index is 13.1. The zero-order valence-corrected chi connectivity index (χ0v) is 12.8. The van der Waals surface area contributed by atoms with E-state index >= 15 is 0 Å². The van der Waals surface area contributed by atoms with Crippen LogP contribution < -0.4 is 10.1 Å². The number of nitrogens with one attached hydrogen (secondary N) is 1. The second kappa shape index (κ2) is 7.23. The Balaban J connectivity index is 2.12. The van der Waals surface area contributed by atoms with Crippen LogP contribution in [-0.4, -0.2) is 7.11 Å². The van der Waals surface area contributed by atoms with Gasteiger partial charge in [0.2, 0.25) is 0 Å². The second-order valence-corrected chi connectivity index (χ2v) is 5.15. The van der Waals surface area contributed by atoms with Gasteiger partial charge in [0, 0.05) is 18.2 Å². The summed E-state index contributed by atoms with van der Waals surface area (Å²) >= 11 is 0. The maximum Gasteiger partial charge on any atom is 0.123 e. The molecule has 1 atom stereocenters. The molecule has 0 heterocycles. The van der Waals surface area contributed by atoms with E-state index in [0.29, 0.717) is 6.54 Å². The standard InChI is InChI=1S/C18H22FNO/c1-4-17(16-7-5-6-8-18(16)21-3)20-12-14-9-10-15(19)11-13(14)2/h5-11,17,20H,4,12H2,1-3H3. The molecule has 0 aliphatic carbocycles. The summed E-state index contributed by atoms with van der Waals surface area (Å²) in [6.07, 6.45) is 0.959. The fraction of sp³-hybridized carbons (Fsp3) is 0.333. The second-order valence-electron chi connectivity index (χ2n) is 5.15. The van der Waals surface area contributed by atoms with Gasteiger partial charge in [0.15, 0.2) is 0 Å². The number of hydrogen-bond acceptors (Lipinski definition) is 2. The summed E-state index contributed by atoms with van der Waals surface area (Å²) in [6.45, 7) is 4.79. The van der Waals surface area contributed by atoms with Crippen LogP contribution in [0.5, 0.6) is 5.75 Å². The van der Waals surface area contributed by atoms with E-state index in [2.05, 4.69) is 18.3 Å². The lowest BCUT2D eigenvalue weighted by atomic mass is 10.0. The van der Waals surface area contributed by atoms with Gasteiger partial charge < -0.3 is 10.1 Å². The van der Waals surface area contributed by atoms with E-state index in [-0.39, 0.29) is 11.9 Å². The third-order valence-electron chi connectivity index (χ3n) is 3.77. The van der Waals surface area contributed by atoms with Crippen LogP contribution in [-0.2, 0) is 6.54 Å². The van der Waals surface area contributed by atoms with Gasteiger partial charge in [0.1, 0.15) is 11.6 Å². The van der Waals surface area contributed by atoms with E-state index in [9.17, 15) is 4.39 Å². The summed E-state index contributed by atoms with van der Waals surface area (Å²) in [4.78, 5) is 0. The Labute approximate surface area is 126 Å². The van der Waals surface area contributed by atoms with Crippen molar-refractivity contribution in [1.29, 1.82) is 0 Å². The number of benzene rings is 2. The first-order valence-corrected chi connectivity index (χ1v) is 7.27. The Morgan fingerprint density at radius 1 is 1.19 bits per heavy atom. The van der Waals surface area contributed by atoms with Crippen LogP contribution >= 0.6 is 0 Å². The molecule has 0 saturated heterocycles. The lowest BCUT2D eigenvalue weighted by Gasteiger charge is -2.20. The van der Waals surface area contributed by atoms with Gasteiger partial charge in [-0.25, -0.2) is 4.39 Å². The van der Waals surface area contributed by atoms with Crippen molar-refractivity contribution in [1.82, 2.24) is 5.32 Å². The molecule has 2 nitrogen and oxygen atoms in total. The van der Waals surface area contributed by atoms with Gasteiger partial charge in [-0.1, -0.05) is 31.2 Å². The first kappa shape index (κ1) is 15.5. The van der Waals surface area contributed by atoms with Gasteiger partial charge in [-0.15, -0.1) is 0 Å². The molecule has 0 amide bonds. The Morgan fingerprint density at radius 2 is 1.95 bits per heavy atom. The third kappa shape index (κ3) is 3.82. The van der Waals surface area contributed by atoms with E-state index in [0.717, 1.165) is 28.9 Å². The molecule has 112 valence electrons. The fourth-order valence-corrected chi connectivity index (χ4v) is 2.52. The van der Waals surface area contributed by atoms with Crippen molar-refractivity contribution in [3.05, 3.63) is 65.0 Å². The Kier molecular flexibility index (Phi) is 5.34. The van der Waals surface area contributed by atoms with Crippen LogP contribution in [0.25, 0.3) is 0 Å². The number of methoxy groups -OCH3 is 1. The monoisotopic (exact) mass is 287 g/mol. The quantitative estimate of drug-likeness (QED) is 0.851. The highest BCUT2D eigenvalue weighted by molar-refractivity contribution is 5.36. The number of aryl methyl sites for hydroxylation is 1. The van der Waals surface area contributed by atoms with Crippen LogP contribution in [0.2, 0.25) is 0 Å². The molecule has 2 aromatic carbocycles. The molecule has 1 unspecified atom stereocenters. The molecule has 1 N–H and O–H groups in total. The number of ether oxygens (including phenoxy) is 1. The molecule has 2 aromatic rings. The van der Waals surface area contributed by atoms with Crippen molar-refractivity contribution < 1.29 is 9.13 Å². The van der Waals surface area contributed by atoms with Crippen LogP contribution in [0.15, 0.2) is 42.5 Å². The Morgan fingerprint density at radius 3 is 2.62 bits per heavy atom. The molecule has 2 rings (SSSR count). The minimum absolute atomic E-state index is 0.187. The molecule has 0 radical (unpaired) electrons. The van der Waals surface area contributed by atoms with Crippen molar-refractivity contribution in [2.75, 3.05) is 7.11 Å². The third-order valence-corrected chi connectivity index (χ3v) is 3.77. The normalized spacial score (nSPS) is 12.2. The van der Waals surface area contributed by atoms with Crippen LogP contribution in [0.4, 0.5) is 4.39 Å². The zero-order chi connectivity index (χ0) is 15.2. The highest BCUT2D eigenvalue weighted by atomic mass is 19.1. The van der Waals surface area contributed by atoms with Crippen molar-refractivity contribution in [2.45, 2.75) is 32.9 Å². The van der Waals surface area contributed by atoms with E-state index in [4.69, 9.17) is 4.74 Å². The van der Waals surface area contributed by atoms with Crippen LogP contribution in [0.3, 0.4) is 0 Å². The molecule has 0 bridgehead atoms. The topological polar surface area (TPSA) is 21.3 Å². The first-order valence-electron chi connectivity index (χ1n) is 7.27. The molecule has 0 fully saturated rings. The number of halogens is 1. The predicted octanol–water partition coefficient (Wildman–Crippen LogP) is 4.38. The zero-order valence-electron chi connectivity index (χ0n) is 12.8. The van der Waals surface area contributed by atoms with Crippen molar-refractivity contribution >= 4 is 0 Å². The Hall–Kier alpha value is -1.87. The molecule has 0 aromatic heterocycles. The lowest BCUT2D eigenvalue weighted by molar-refractivity contribution is 0.396. The molecular formula is C18H22FNO. The highest BCUT2D eigenvalue weighted by Gasteiger charge is 2.13. The molecule has 0 aliphatic heterocycles. The van der Waals surface area contributed by atoms with Gasteiger partial charge in [0.25, 0.3) is 0 Å². The molecule has 21 heavy (non-hydrogen) atoms. The first-order chi connectivity index (χ1) is 10.2. The van der Waals surface area contributed by atoms with E-state index in [1.54, 1.807) is 13.2 Å². The summed E-state index contributed by atoms with van der Waals surface area (Å²) in [6, 6.07) is 13.2. The van der Waals surface area contributed by atoms with Gasteiger partial charge in [-0.3, -0.25) is 0 Å². The van der Waals surface area contributed by atoms with Crippen LogP contribution in [0.1, 0.15) is 36.1 Å². The highest BCUT2D eigenvalue weighted by Crippen LogP contribution is 2.27. The average Bonchev–Trinajstić information content (AvgIpc) is 2.50. The summed E-state index contributed by atoms with van der Waals surface area (Å²) in [5, 5.41) is 3.53. The van der Waals surface area contributed by atoms with Crippen LogP contribution in [0, 0.1) is 12.7 Å². The number of para-hydroxylation sites is 1. The lowest BCUT2D eigenvalue weighted by Crippen LogP contribution is -2.21. The predicted molar refractivity (Wildman–Crippen MR) is 84.0 cm³/mol. The van der Waals surface area contributed by atoms with Crippen molar-refractivity contribution in [2.24, 2.45) is 0 Å². The van der Waals surface area contributed by atoms with Gasteiger partial charge in [-0.2, -0.15) is 0 Å². The van der Waals surface area contributed by atoms with E-state index in [1.807, 2.05) is 31.2 Å². The largest absolute Gasteiger partial charge is 0.496 e. The van der Waals surface area contributed by atoms with Gasteiger partial charge in [-0.05, 0) is 42.7 Å². The number of rotatable bonds is 6. The maximum atomic E-state index is 13.1. The van der Waals surface area contributed by atoms with Crippen molar-refractivity contribution in [3.8, 4) is 5.75 Å². The summed E-state index contributed by atoms with van der Waals surface area (Å²) in [7, 11) is 1.69. The summed E-state index contributed by atoms with van der Waals surface area (Å²) in [5.74, 6) is 0.709. The van der Waals surface area contributed by atoms with E-state index < -0.39 is 0 Å². The Bertz CT molecular complexity index is 598. The van der Waals surface area contributed by atoms with Crippen molar-refractivity contribution in [3.63, 3.8) is 0 Å². The average molecular weight is 287 g/mol. The molecule has 3 heteroatoms. The smallest absolute Gasteiger partial charge is 0.123 e. The summed E-state index contributed by atoms with van der Waals surface area (Å²) in [5.41, 5.74) is 3.24. The number of hydrogen-bond donors (Lipinski definition) is 1. The molecule has 0 saturated carbocycles. The molecule has 0 aliphatic rings. The minimum Gasteiger partial charge on any atom is -0.496 e. The van der Waals surface area contributed by atoms with Gasteiger partial charge in [0.05, 0.1) is 7.11 Å². The SMILES string of the molecule is CCC(NCc1ccc(F)cc1C)c1ccccc1OC. The van der Waals surface area contributed by atoms with Gasteiger partial charge >= 0.3 is 0 Å². The van der Waals surface area contributed by atoms with E-state index in [1.165, 1.54) is 6.07 Å². The fourth-order valence-electron chi connectivity index (χ4n) is 2.52. The molecular weight excluding hydrogens is 265 g/mol. The minimum atomic E-state index is -0.187.